The second-order valence-corrected chi connectivity index (χ2v) is 5.20. The standard InChI is InChI=1S/C15H18F2N2O2/c1-19(11-6-7-18-9-11)15(21)5-4-14(20)10-2-3-12(16)13(17)8-10/h2-3,8,11,18H,4-7,9H2,1H3. The zero-order chi connectivity index (χ0) is 15.4. The van der Waals surface area contributed by atoms with Gasteiger partial charge in [-0.15, -0.1) is 0 Å². The summed E-state index contributed by atoms with van der Waals surface area (Å²) in [5, 5.41) is 3.17. The van der Waals surface area contributed by atoms with Crippen LogP contribution in [0, 0.1) is 11.6 Å². The third kappa shape index (κ3) is 3.85. The SMILES string of the molecule is CN(C(=O)CCC(=O)c1ccc(F)c(F)c1)C1CCNC1. The number of rotatable bonds is 5. The smallest absolute Gasteiger partial charge is 0.223 e. The Hall–Kier alpha value is -1.82. The molecule has 1 aliphatic heterocycles. The molecular formula is C15H18F2N2O2. The van der Waals surface area contributed by atoms with Crippen LogP contribution in [-0.2, 0) is 4.79 Å². The predicted molar refractivity (Wildman–Crippen MR) is 74.0 cm³/mol. The summed E-state index contributed by atoms with van der Waals surface area (Å²) in [7, 11) is 1.72. The van der Waals surface area contributed by atoms with E-state index < -0.39 is 11.6 Å². The quantitative estimate of drug-likeness (QED) is 0.842. The molecule has 2 rings (SSSR count). The van der Waals surface area contributed by atoms with Gasteiger partial charge in [-0.2, -0.15) is 0 Å². The fourth-order valence-electron chi connectivity index (χ4n) is 2.38. The third-order valence-electron chi connectivity index (χ3n) is 3.78. The molecule has 1 unspecified atom stereocenters. The van der Waals surface area contributed by atoms with E-state index in [9.17, 15) is 18.4 Å². The highest BCUT2D eigenvalue weighted by Crippen LogP contribution is 2.13. The highest BCUT2D eigenvalue weighted by atomic mass is 19.2. The van der Waals surface area contributed by atoms with Gasteiger partial charge in [0.1, 0.15) is 0 Å². The first-order chi connectivity index (χ1) is 9.99. The Morgan fingerprint density at radius 2 is 2.05 bits per heavy atom. The minimum absolute atomic E-state index is 0.00556. The molecule has 1 amide bonds. The fourth-order valence-corrected chi connectivity index (χ4v) is 2.38. The molecule has 0 aliphatic carbocycles. The van der Waals surface area contributed by atoms with Gasteiger partial charge in [0.15, 0.2) is 17.4 Å². The molecule has 0 aromatic heterocycles. The average molecular weight is 296 g/mol. The molecule has 6 heteroatoms. The van der Waals surface area contributed by atoms with Gasteiger partial charge >= 0.3 is 0 Å². The summed E-state index contributed by atoms with van der Waals surface area (Å²) in [5.74, 6) is -2.52. The largest absolute Gasteiger partial charge is 0.341 e. The van der Waals surface area contributed by atoms with Crippen molar-refractivity contribution in [2.45, 2.75) is 25.3 Å². The Balaban J connectivity index is 1.88. The predicted octanol–water partition coefficient (Wildman–Crippen LogP) is 1.75. The average Bonchev–Trinajstić information content (AvgIpc) is 3.00. The molecule has 21 heavy (non-hydrogen) atoms. The van der Waals surface area contributed by atoms with Crippen LogP contribution in [0.5, 0.6) is 0 Å². The number of hydrogen-bond donors (Lipinski definition) is 1. The lowest BCUT2D eigenvalue weighted by atomic mass is 10.1. The summed E-state index contributed by atoms with van der Waals surface area (Å²) in [6, 6.07) is 3.18. The molecule has 1 atom stereocenters. The van der Waals surface area contributed by atoms with Crippen LogP contribution in [0.2, 0.25) is 0 Å². The highest BCUT2D eigenvalue weighted by molar-refractivity contribution is 5.97. The lowest BCUT2D eigenvalue weighted by molar-refractivity contribution is -0.131. The summed E-state index contributed by atoms with van der Waals surface area (Å²) < 4.78 is 25.9. The Morgan fingerprint density at radius 3 is 2.67 bits per heavy atom. The number of amides is 1. The number of nitrogens with one attached hydrogen (secondary N) is 1. The van der Waals surface area contributed by atoms with Crippen LogP contribution in [0.3, 0.4) is 0 Å². The van der Waals surface area contributed by atoms with Gasteiger partial charge in [0.05, 0.1) is 0 Å². The number of ketones is 1. The topological polar surface area (TPSA) is 49.4 Å². The van der Waals surface area contributed by atoms with Gasteiger partial charge in [-0.05, 0) is 31.2 Å². The summed E-state index contributed by atoms with van der Waals surface area (Å²) >= 11 is 0. The van der Waals surface area contributed by atoms with Crippen molar-refractivity contribution in [3.05, 3.63) is 35.4 Å². The molecule has 1 aliphatic rings. The maximum absolute atomic E-state index is 13.1. The van der Waals surface area contributed by atoms with Gasteiger partial charge in [-0.3, -0.25) is 9.59 Å². The van der Waals surface area contributed by atoms with Gasteiger partial charge in [-0.1, -0.05) is 0 Å². The Kier molecular flexibility index (Phi) is 5.01. The highest BCUT2D eigenvalue weighted by Gasteiger charge is 2.23. The zero-order valence-electron chi connectivity index (χ0n) is 11.9. The van der Waals surface area contributed by atoms with E-state index in [2.05, 4.69) is 5.32 Å². The van der Waals surface area contributed by atoms with E-state index in [1.165, 1.54) is 6.07 Å². The zero-order valence-corrected chi connectivity index (χ0v) is 11.9. The molecule has 1 aromatic carbocycles. The van der Waals surface area contributed by atoms with Crippen molar-refractivity contribution in [3.63, 3.8) is 0 Å². The first-order valence-corrected chi connectivity index (χ1v) is 6.93. The number of hydrogen-bond acceptors (Lipinski definition) is 3. The number of carbonyl (C=O) groups excluding carboxylic acids is 2. The van der Waals surface area contributed by atoms with E-state index in [1.54, 1.807) is 11.9 Å². The monoisotopic (exact) mass is 296 g/mol. The van der Waals surface area contributed by atoms with Crippen molar-refractivity contribution in [1.29, 1.82) is 0 Å². The summed E-state index contributed by atoms with van der Waals surface area (Å²) in [6.45, 7) is 1.65. The summed E-state index contributed by atoms with van der Waals surface area (Å²) in [4.78, 5) is 25.5. The van der Waals surface area contributed by atoms with Crippen LogP contribution in [0.4, 0.5) is 8.78 Å². The van der Waals surface area contributed by atoms with Gasteiger partial charge in [0.25, 0.3) is 0 Å². The number of halogens is 2. The fraction of sp³-hybridized carbons (Fsp3) is 0.467. The number of Topliss-reactive ketones (excluding diaryl/α,β-unsaturated/α-hetero) is 1. The summed E-state index contributed by atoms with van der Waals surface area (Å²) in [6.07, 6.45) is 0.971. The van der Waals surface area contributed by atoms with Gasteiger partial charge < -0.3 is 10.2 Å². The Bertz CT molecular complexity index is 542. The first-order valence-electron chi connectivity index (χ1n) is 6.93. The van der Waals surface area contributed by atoms with Crippen LogP contribution in [0.1, 0.15) is 29.6 Å². The van der Waals surface area contributed by atoms with E-state index in [-0.39, 0.29) is 36.1 Å². The van der Waals surface area contributed by atoms with Crippen molar-refractivity contribution >= 4 is 11.7 Å². The van der Waals surface area contributed by atoms with Gasteiger partial charge in [0.2, 0.25) is 5.91 Å². The normalized spacial score (nSPS) is 17.8. The van der Waals surface area contributed by atoms with Crippen molar-refractivity contribution in [3.8, 4) is 0 Å². The van der Waals surface area contributed by atoms with Crippen LogP contribution in [0.15, 0.2) is 18.2 Å². The lowest BCUT2D eigenvalue weighted by Gasteiger charge is -2.23. The number of benzene rings is 1. The molecule has 1 heterocycles. The second kappa shape index (κ2) is 6.76. The van der Waals surface area contributed by atoms with E-state index in [0.717, 1.165) is 31.6 Å². The molecule has 0 radical (unpaired) electrons. The van der Waals surface area contributed by atoms with Crippen LogP contribution in [0.25, 0.3) is 0 Å². The molecule has 0 saturated carbocycles. The molecule has 1 fully saturated rings. The van der Waals surface area contributed by atoms with Crippen molar-refractivity contribution in [1.82, 2.24) is 10.2 Å². The molecule has 0 bridgehead atoms. The number of nitrogens with zero attached hydrogens (tertiary/aromatic N) is 1. The Morgan fingerprint density at radius 1 is 1.29 bits per heavy atom. The van der Waals surface area contributed by atoms with Crippen molar-refractivity contribution < 1.29 is 18.4 Å². The van der Waals surface area contributed by atoms with E-state index >= 15 is 0 Å². The minimum atomic E-state index is -1.05. The van der Waals surface area contributed by atoms with Crippen LogP contribution < -0.4 is 5.32 Å². The third-order valence-corrected chi connectivity index (χ3v) is 3.78. The van der Waals surface area contributed by atoms with Gasteiger partial charge in [-0.25, -0.2) is 8.78 Å². The van der Waals surface area contributed by atoms with Crippen molar-refractivity contribution in [2.24, 2.45) is 0 Å². The van der Waals surface area contributed by atoms with Crippen LogP contribution in [-0.4, -0.2) is 42.8 Å². The van der Waals surface area contributed by atoms with Crippen molar-refractivity contribution in [2.75, 3.05) is 20.1 Å². The molecule has 0 spiro atoms. The molecule has 1 aromatic rings. The van der Waals surface area contributed by atoms with Crippen LogP contribution >= 0.6 is 0 Å². The Labute approximate surface area is 122 Å². The molecule has 1 saturated heterocycles. The maximum atomic E-state index is 13.1. The van der Waals surface area contributed by atoms with E-state index in [0.29, 0.717) is 0 Å². The number of carbonyl (C=O) groups is 2. The molecule has 114 valence electrons. The molecule has 1 N–H and O–H groups in total. The lowest BCUT2D eigenvalue weighted by Crippen LogP contribution is -2.38. The van der Waals surface area contributed by atoms with E-state index in [4.69, 9.17) is 0 Å². The van der Waals surface area contributed by atoms with E-state index in [1.807, 2.05) is 0 Å². The minimum Gasteiger partial charge on any atom is -0.341 e. The number of likely N-dealkylation sites (N-methyl/N-ethyl adjacent to an activating group) is 1. The molecular weight excluding hydrogens is 278 g/mol. The second-order valence-electron chi connectivity index (χ2n) is 5.20. The molecule has 4 nitrogen and oxygen atoms in total. The van der Waals surface area contributed by atoms with Gasteiger partial charge in [0, 0.05) is 38.0 Å². The summed E-state index contributed by atoms with van der Waals surface area (Å²) in [5.41, 5.74) is 0.0897. The maximum Gasteiger partial charge on any atom is 0.223 e. The first kappa shape index (κ1) is 15.6.